The Labute approximate surface area is 117 Å². The Balaban J connectivity index is 2.50. The van der Waals surface area contributed by atoms with Gasteiger partial charge in [0.15, 0.2) is 0 Å². The molecule has 1 aliphatic rings. The summed E-state index contributed by atoms with van der Waals surface area (Å²) in [5, 5.41) is 2.58. The highest BCUT2D eigenvalue weighted by atomic mass is 35.5. The normalized spacial score (nSPS) is 26.9. The second-order valence-corrected chi connectivity index (χ2v) is 6.57. The summed E-state index contributed by atoms with van der Waals surface area (Å²) < 4.78 is 37.6. The summed E-state index contributed by atoms with van der Waals surface area (Å²) in [5.74, 6) is -1.76. The monoisotopic (exact) mass is 299 g/mol. The molecular formula is C13H21ClF3NO. The van der Waals surface area contributed by atoms with Crippen molar-refractivity contribution in [2.75, 3.05) is 0 Å². The molecule has 0 aliphatic heterocycles. The van der Waals surface area contributed by atoms with Gasteiger partial charge in [0.05, 0.1) is 16.8 Å². The Kier molecular flexibility index (Phi) is 5.15. The summed E-state index contributed by atoms with van der Waals surface area (Å²) >= 11 is 5.97. The molecule has 0 heterocycles. The van der Waals surface area contributed by atoms with E-state index in [0.717, 1.165) is 0 Å². The van der Waals surface area contributed by atoms with Crippen molar-refractivity contribution >= 4 is 17.5 Å². The first kappa shape index (κ1) is 16.6. The van der Waals surface area contributed by atoms with E-state index in [1.54, 1.807) is 6.92 Å². The molecule has 2 nitrogen and oxygen atoms in total. The van der Waals surface area contributed by atoms with Crippen molar-refractivity contribution in [3.05, 3.63) is 0 Å². The zero-order valence-electron chi connectivity index (χ0n) is 11.5. The van der Waals surface area contributed by atoms with Gasteiger partial charge in [-0.05, 0) is 46.5 Å². The van der Waals surface area contributed by atoms with Gasteiger partial charge in [-0.3, -0.25) is 4.79 Å². The molecule has 0 saturated heterocycles. The largest absolute Gasteiger partial charge is 0.391 e. The minimum absolute atomic E-state index is 0.0401. The maximum Gasteiger partial charge on any atom is 0.391 e. The van der Waals surface area contributed by atoms with Gasteiger partial charge < -0.3 is 5.32 Å². The molecule has 0 aromatic carbocycles. The molecule has 1 aliphatic carbocycles. The van der Waals surface area contributed by atoms with Gasteiger partial charge in [-0.2, -0.15) is 13.2 Å². The van der Waals surface area contributed by atoms with Gasteiger partial charge >= 0.3 is 6.18 Å². The van der Waals surface area contributed by atoms with Crippen LogP contribution in [0.4, 0.5) is 13.2 Å². The summed E-state index contributed by atoms with van der Waals surface area (Å²) in [6.45, 7) is 5.40. The second kappa shape index (κ2) is 5.90. The Bertz CT molecular complexity index is 320. The van der Waals surface area contributed by atoms with E-state index in [9.17, 15) is 18.0 Å². The van der Waals surface area contributed by atoms with Gasteiger partial charge in [-0.15, -0.1) is 11.6 Å². The highest BCUT2D eigenvalue weighted by molar-refractivity contribution is 6.21. The number of amides is 1. The van der Waals surface area contributed by atoms with Crippen LogP contribution in [0, 0.1) is 11.8 Å². The number of carbonyl (C=O) groups excluding carboxylic acids is 1. The lowest BCUT2D eigenvalue weighted by atomic mass is 9.81. The van der Waals surface area contributed by atoms with Crippen molar-refractivity contribution in [3.63, 3.8) is 0 Å². The van der Waals surface area contributed by atoms with Crippen LogP contribution in [0.2, 0.25) is 0 Å². The fraction of sp³-hybridized carbons (Fsp3) is 0.923. The lowest BCUT2D eigenvalue weighted by Gasteiger charge is -2.34. The van der Waals surface area contributed by atoms with E-state index in [1.807, 2.05) is 13.8 Å². The van der Waals surface area contributed by atoms with E-state index in [4.69, 9.17) is 11.6 Å². The van der Waals surface area contributed by atoms with Crippen LogP contribution >= 0.6 is 11.6 Å². The second-order valence-electron chi connectivity index (χ2n) is 5.92. The van der Waals surface area contributed by atoms with Crippen molar-refractivity contribution in [1.82, 2.24) is 5.32 Å². The molecule has 1 saturated carbocycles. The van der Waals surface area contributed by atoms with Crippen LogP contribution in [0.5, 0.6) is 0 Å². The lowest BCUT2D eigenvalue weighted by Crippen LogP contribution is -2.51. The van der Waals surface area contributed by atoms with Crippen molar-refractivity contribution in [3.8, 4) is 0 Å². The third kappa shape index (κ3) is 4.55. The number of halogens is 4. The molecule has 0 aromatic heterocycles. The highest BCUT2D eigenvalue weighted by Gasteiger charge is 2.43. The summed E-state index contributed by atoms with van der Waals surface area (Å²) in [7, 11) is 0. The molecule has 19 heavy (non-hydrogen) atoms. The van der Waals surface area contributed by atoms with Crippen molar-refractivity contribution in [2.24, 2.45) is 11.8 Å². The zero-order valence-corrected chi connectivity index (χ0v) is 12.2. The van der Waals surface area contributed by atoms with E-state index in [0.29, 0.717) is 12.8 Å². The molecule has 112 valence electrons. The summed E-state index contributed by atoms with van der Waals surface area (Å²) in [4.78, 5) is 12.0. The number of alkyl halides is 4. The molecule has 1 fully saturated rings. The maximum absolute atomic E-state index is 12.5. The third-order valence-corrected chi connectivity index (χ3v) is 4.55. The topological polar surface area (TPSA) is 29.1 Å². The van der Waals surface area contributed by atoms with Crippen LogP contribution in [0.3, 0.4) is 0 Å². The minimum atomic E-state index is -4.13. The first-order valence-corrected chi connectivity index (χ1v) is 7.00. The minimum Gasteiger partial charge on any atom is -0.350 e. The highest BCUT2D eigenvalue weighted by Crippen LogP contribution is 2.39. The van der Waals surface area contributed by atoms with Crippen LogP contribution in [0.15, 0.2) is 0 Å². The molecule has 1 N–H and O–H groups in total. The smallest absolute Gasteiger partial charge is 0.350 e. The van der Waals surface area contributed by atoms with Gasteiger partial charge in [0.25, 0.3) is 0 Å². The van der Waals surface area contributed by atoms with Crippen LogP contribution < -0.4 is 5.32 Å². The average Bonchev–Trinajstić information content (AvgIpc) is 2.27. The van der Waals surface area contributed by atoms with Crippen LogP contribution in [-0.2, 0) is 4.79 Å². The molecule has 1 unspecified atom stereocenters. The van der Waals surface area contributed by atoms with Crippen molar-refractivity contribution < 1.29 is 18.0 Å². The number of nitrogens with one attached hydrogen (secondary N) is 1. The van der Waals surface area contributed by atoms with Crippen LogP contribution in [-0.4, -0.2) is 23.0 Å². The molecule has 1 amide bonds. The fourth-order valence-electron chi connectivity index (χ4n) is 2.20. The Morgan fingerprint density at radius 2 is 1.68 bits per heavy atom. The van der Waals surface area contributed by atoms with Gasteiger partial charge in [0, 0.05) is 5.92 Å². The Morgan fingerprint density at radius 1 is 1.21 bits per heavy atom. The van der Waals surface area contributed by atoms with Crippen molar-refractivity contribution in [1.29, 1.82) is 0 Å². The summed E-state index contributed by atoms with van der Waals surface area (Å²) in [6.07, 6.45) is -3.46. The quantitative estimate of drug-likeness (QED) is 0.787. The van der Waals surface area contributed by atoms with Gasteiger partial charge in [0.2, 0.25) is 5.91 Å². The molecule has 0 spiro atoms. The van der Waals surface area contributed by atoms with E-state index in [2.05, 4.69) is 5.32 Å². The fourth-order valence-corrected chi connectivity index (χ4v) is 2.26. The van der Waals surface area contributed by atoms with Crippen LogP contribution in [0.1, 0.15) is 46.5 Å². The van der Waals surface area contributed by atoms with Gasteiger partial charge in [-0.1, -0.05) is 0 Å². The Morgan fingerprint density at radius 3 is 2.05 bits per heavy atom. The van der Waals surface area contributed by atoms with E-state index < -0.39 is 17.6 Å². The lowest BCUT2D eigenvalue weighted by molar-refractivity contribution is -0.184. The molecule has 1 atom stereocenters. The molecular weight excluding hydrogens is 279 g/mol. The number of carbonyl (C=O) groups is 1. The summed E-state index contributed by atoms with van der Waals surface area (Å²) in [6, 6.07) is 0. The number of hydrogen-bond acceptors (Lipinski definition) is 1. The molecule has 0 bridgehead atoms. The van der Waals surface area contributed by atoms with Crippen molar-refractivity contribution in [2.45, 2.75) is 63.5 Å². The molecule has 6 heteroatoms. The van der Waals surface area contributed by atoms with E-state index >= 15 is 0 Å². The zero-order chi connectivity index (χ0) is 14.8. The average molecular weight is 300 g/mol. The third-order valence-electron chi connectivity index (χ3n) is 4.00. The van der Waals surface area contributed by atoms with E-state index in [-0.39, 0.29) is 30.0 Å². The first-order valence-electron chi connectivity index (χ1n) is 6.57. The molecule has 1 rings (SSSR count). The maximum atomic E-state index is 12.5. The van der Waals surface area contributed by atoms with Gasteiger partial charge in [0.1, 0.15) is 0 Å². The Hall–Kier alpha value is -0.450. The van der Waals surface area contributed by atoms with Gasteiger partial charge in [-0.25, -0.2) is 0 Å². The predicted octanol–water partition coefficient (Wildman–Crippen LogP) is 3.88. The SMILES string of the molecule is CC(Cl)C(C)(C)NC(=O)C1CCC(C(F)(F)F)CC1. The standard InChI is InChI=1S/C13H21ClF3NO/c1-8(14)12(2,3)18-11(19)9-4-6-10(7-5-9)13(15,16)17/h8-10H,4-7H2,1-3H3,(H,18,19). The van der Waals surface area contributed by atoms with Crippen LogP contribution in [0.25, 0.3) is 0 Å². The first-order chi connectivity index (χ1) is 8.54. The number of hydrogen-bond donors (Lipinski definition) is 1. The summed E-state index contributed by atoms with van der Waals surface area (Å²) in [5.41, 5.74) is -0.556. The predicted molar refractivity (Wildman–Crippen MR) is 69.0 cm³/mol. The molecule has 0 aromatic rings. The van der Waals surface area contributed by atoms with E-state index in [1.165, 1.54) is 0 Å². The molecule has 0 radical (unpaired) electrons. The number of rotatable bonds is 3.